The van der Waals surface area contributed by atoms with E-state index in [2.05, 4.69) is 5.32 Å². The molecule has 0 aromatic heterocycles. The van der Waals surface area contributed by atoms with E-state index in [1.807, 2.05) is 0 Å². The number of carbonyl (C=O) groups is 1. The van der Waals surface area contributed by atoms with Crippen LogP contribution in [0, 0.1) is 0 Å². The van der Waals surface area contributed by atoms with Gasteiger partial charge in [-0.05, 0) is 43.0 Å². The molecule has 0 aliphatic carbocycles. The molecule has 0 unspecified atom stereocenters. The van der Waals surface area contributed by atoms with Crippen LogP contribution < -0.4 is 5.32 Å². The summed E-state index contributed by atoms with van der Waals surface area (Å²) in [5, 5.41) is 3.43. The van der Waals surface area contributed by atoms with Gasteiger partial charge in [-0.2, -0.15) is 0 Å². The second-order valence-electron chi connectivity index (χ2n) is 5.25. The zero-order chi connectivity index (χ0) is 15.2. The first-order chi connectivity index (χ1) is 10.0. The topological polar surface area (TPSA) is 55.4 Å². The normalized spacial score (nSPS) is 19.4. The largest absolute Gasteiger partial charge is 0.378 e. The Bertz CT molecular complexity index is 530. The number of nitrogens with one attached hydrogen (secondary N) is 1. The second kappa shape index (κ2) is 7.92. The molecule has 116 valence electrons. The lowest BCUT2D eigenvalue weighted by atomic mass is 10.1. The van der Waals surface area contributed by atoms with Gasteiger partial charge in [0.15, 0.2) is 0 Å². The zero-order valence-corrected chi connectivity index (χ0v) is 13.6. The fourth-order valence-electron chi connectivity index (χ4n) is 2.37. The fourth-order valence-corrected chi connectivity index (χ4v) is 3.31. The van der Waals surface area contributed by atoms with E-state index in [0.29, 0.717) is 22.9 Å². The third kappa shape index (κ3) is 5.41. The van der Waals surface area contributed by atoms with Gasteiger partial charge in [-0.3, -0.25) is 9.00 Å². The van der Waals surface area contributed by atoms with Crippen molar-refractivity contribution >= 4 is 34.0 Å². The van der Waals surface area contributed by atoms with Crippen LogP contribution >= 0.6 is 11.6 Å². The predicted molar refractivity (Wildman–Crippen MR) is 86.1 cm³/mol. The Kier molecular flexibility index (Phi) is 6.21. The number of anilines is 1. The van der Waals surface area contributed by atoms with Crippen molar-refractivity contribution in [3.05, 3.63) is 28.8 Å². The van der Waals surface area contributed by atoms with Crippen LogP contribution in [0.3, 0.4) is 0 Å². The van der Waals surface area contributed by atoms with E-state index in [0.717, 1.165) is 31.4 Å². The van der Waals surface area contributed by atoms with Crippen LogP contribution in [-0.2, 0) is 26.1 Å². The van der Waals surface area contributed by atoms with Gasteiger partial charge >= 0.3 is 0 Å². The smallest absolute Gasteiger partial charge is 0.224 e. The summed E-state index contributed by atoms with van der Waals surface area (Å²) >= 11 is 6.06. The lowest BCUT2D eigenvalue weighted by Gasteiger charge is -2.11. The molecule has 2 atom stereocenters. The van der Waals surface area contributed by atoms with Crippen molar-refractivity contribution in [1.82, 2.24) is 0 Å². The quantitative estimate of drug-likeness (QED) is 0.872. The van der Waals surface area contributed by atoms with Gasteiger partial charge in [-0.1, -0.05) is 11.6 Å². The van der Waals surface area contributed by atoms with Gasteiger partial charge in [0.05, 0.1) is 6.10 Å². The number of amides is 1. The molecule has 1 fully saturated rings. The Morgan fingerprint density at radius 3 is 3.00 bits per heavy atom. The van der Waals surface area contributed by atoms with Crippen LogP contribution in [0.25, 0.3) is 0 Å². The molecule has 0 bridgehead atoms. The summed E-state index contributed by atoms with van der Waals surface area (Å²) in [6, 6.07) is 5.27. The first-order valence-corrected chi connectivity index (χ1v) is 9.15. The van der Waals surface area contributed by atoms with Crippen LogP contribution in [-0.4, -0.2) is 29.1 Å². The summed E-state index contributed by atoms with van der Waals surface area (Å²) in [6.45, 7) is 0.807. The fraction of sp³-hybridized carbons (Fsp3) is 0.533. The maximum absolute atomic E-state index is 11.9. The van der Waals surface area contributed by atoms with Crippen LogP contribution in [0.2, 0.25) is 5.02 Å². The summed E-state index contributed by atoms with van der Waals surface area (Å²) < 4.78 is 16.8. The van der Waals surface area contributed by atoms with Crippen molar-refractivity contribution in [2.75, 3.05) is 18.2 Å². The van der Waals surface area contributed by atoms with E-state index >= 15 is 0 Å². The number of benzene rings is 1. The standard InChI is InChI=1S/C15H20ClNO3S/c1-21(19)10-11-9-12(4-6-14(11)16)17-15(18)7-5-13-3-2-8-20-13/h4,6,9,13H,2-3,5,7-8,10H2,1H3,(H,17,18)/t13-,21-/m0/s1. The Hall–Kier alpha value is -0.910. The first-order valence-electron chi connectivity index (χ1n) is 7.04. The molecule has 21 heavy (non-hydrogen) atoms. The van der Waals surface area contributed by atoms with Crippen LogP contribution in [0.1, 0.15) is 31.2 Å². The molecule has 0 saturated carbocycles. The van der Waals surface area contributed by atoms with E-state index in [-0.39, 0.29) is 12.0 Å². The van der Waals surface area contributed by atoms with E-state index in [9.17, 15) is 9.00 Å². The molecule has 0 radical (unpaired) electrons. The minimum absolute atomic E-state index is 0.0311. The minimum atomic E-state index is -0.967. The van der Waals surface area contributed by atoms with Crippen LogP contribution in [0.5, 0.6) is 0 Å². The monoisotopic (exact) mass is 329 g/mol. The van der Waals surface area contributed by atoms with Gasteiger partial charge in [0.25, 0.3) is 0 Å². The summed E-state index contributed by atoms with van der Waals surface area (Å²) in [7, 11) is -0.967. The molecule has 1 aromatic carbocycles. The molecule has 1 aliphatic heterocycles. The lowest BCUT2D eigenvalue weighted by Crippen LogP contribution is -2.15. The number of halogens is 1. The van der Waals surface area contributed by atoms with Crippen molar-refractivity contribution in [3.63, 3.8) is 0 Å². The Labute approximate surface area is 132 Å². The lowest BCUT2D eigenvalue weighted by molar-refractivity contribution is -0.116. The number of hydrogen-bond acceptors (Lipinski definition) is 3. The van der Waals surface area contributed by atoms with Gasteiger partial charge in [-0.25, -0.2) is 0 Å². The average molecular weight is 330 g/mol. The molecule has 1 aliphatic rings. The molecular weight excluding hydrogens is 310 g/mol. The molecular formula is C15H20ClNO3S. The van der Waals surface area contributed by atoms with Crippen LogP contribution in [0.15, 0.2) is 18.2 Å². The van der Waals surface area contributed by atoms with Gasteiger partial charge in [-0.15, -0.1) is 0 Å². The summed E-state index contributed by atoms with van der Waals surface area (Å²) in [5.41, 5.74) is 1.48. The van der Waals surface area contributed by atoms with Crippen molar-refractivity contribution in [2.24, 2.45) is 0 Å². The van der Waals surface area contributed by atoms with Gasteiger partial charge in [0.1, 0.15) is 0 Å². The Balaban J connectivity index is 1.89. The molecule has 1 heterocycles. The number of ether oxygens (including phenoxy) is 1. The number of rotatable bonds is 6. The molecule has 1 N–H and O–H groups in total. The highest BCUT2D eigenvalue weighted by atomic mass is 35.5. The number of hydrogen-bond donors (Lipinski definition) is 1. The van der Waals surface area contributed by atoms with Gasteiger partial charge in [0, 0.05) is 46.5 Å². The molecule has 0 spiro atoms. The van der Waals surface area contributed by atoms with E-state index in [1.54, 1.807) is 24.5 Å². The SMILES string of the molecule is C[S@](=O)Cc1cc(NC(=O)CC[C@@H]2CCCO2)ccc1Cl. The highest BCUT2D eigenvalue weighted by Crippen LogP contribution is 2.22. The average Bonchev–Trinajstić information content (AvgIpc) is 2.93. The van der Waals surface area contributed by atoms with Crippen LogP contribution in [0.4, 0.5) is 5.69 Å². The van der Waals surface area contributed by atoms with E-state index < -0.39 is 10.8 Å². The molecule has 1 aromatic rings. The third-order valence-electron chi connectivity index (χ3n) is 3.41. The minimum Gasteiger partial charge on any atom is -0.378 e. The van der Waals surface area contributed by atoms with Crippen molar-refractivity contribution in [3.8, 4) is 0 Å². The molecule has 1 saturated heterocycles. The predicted octanol–water partition coefficient (Wildman–Crippen LogP) is 3.12. The Morgan fingerprint density at radius 2 is 2.33 bits per heavy atom. The van der Waals surface area contributed by atoms with Gasteiger partial charge < -0.3 is 10.1 Å². The molecule has 1 amide bonds. The summed E-state index contributed by atoms with van der Waals surface area (Å²) in [5.74, 6) is 0.356. The van der Waals surface area contributed by atoms with Crippen molar-refractivity contribution in [2.45, 2.75) is 37.5 Å². The molecule has 2 rings (SSSR count). The Morgan fingerprint density at radius 1 is 1.52 bits per heavy atom. The van der Waals surface area contributed by atoms with Crippen molar-refractivity contribution in [1.29, 1.82) is 0 Å². The molecule has 4 nitrogen and oxygen atoms in total. The van der Waals surface area contributed by atoms with E-state index in [1.165, 1.54) is 0 Å². The maximum Gasteiger partial charge on any atom is 0.224 e. The highest BCUT2D eigenvalue weighted by Gasteiger charge is 2.16. The van der Waals surface area contributed by atoms with Crippen molar-refractivity contribution < 1.29 is 13.7 Å². The van der Waals surface area contributed by atoms with E-state index in [4.69, 9.17) is 16.3 Å². The third-order valence-corrected chi connectivity index (χ3v) is 4.49. The van der Waals surface area contributed by atoms with Gasteiger partial charge in [0.2, 0.25) is 5.91 Å². The second-order valence-corrected chi connectivity index (χ2v) is 7.09. The molecule has 6 heteroatoms. The summed E-state index contributed by atoms with van der Waals surface area (Å²) in [6.07, 6.45) is 5.18. The summed E-state index contributed by atoms with van der Waals surface area (Å²) in [4.78, 5) is 11.9. The highest BCUT2D eigenvalue weighted by molar-refractivity contribution is 7.83. The zero-order valence-electron chi connectivity index (χ0n) is 12.1. The maximum atomic E-state index is 11.9. The first kappa shape index (κ1) is 16.5. The number of carbonyl (C=O) groups excluding carboxylic acids is 1.